The van der Waals surface area contributed by atoms with Crippen molar-refractivity contribution in [1.29, 1.82) is 0 Å². The Kier molecular flexibility index (Phi) is 3.41. The first-order valence-electron chi connectivity index (χ1n) is 4.65. The third kappa shape index (κ3) is 2.78. The molecule has 1 fully saturated rings. The highest BCUT2D eigenvalue weighted by Gasteiger charge is 2.22. The van der Waals surface area contributed by atoms with Crippen molar-refractivity contribution in [3.05, 3.63) is 22.2 Å². The van der Waals surface area contributed by atoms with Gasteiger partial charge in [0, 0.05) is 19.2 Å². The molecule has 0 radical (unpaired) electrons. The molecule has 4 nitrogen and oxygen atoms in total. The summed E-state index contributed by atoms with van der Waals surface area (Å²) >= 11 is 11.6. The van der Waals surface area contributed by atoms with E-state index in [4.69, 9.17) is 27.9 Å². The van der Waals surface area contributed by atoms with Crippen LogP contribution in [0.4, 0.5) is 0 Å². The van der Waals surface area contributed by atoms with Crippen LogP contribution in [0.25, 0.3) is 0 Å². The number of hydrogen-bond acceptors (Lipinski definition) is 4. The SMILES string of the molecule is CN1CCOC(c2nc(Cl)cc(Cl)n2)C1. The first kappa shape index (κ1) is 11.1. The van der Waals surface area contributed by atoms with Gasteiger partial charge in [0.2, 0.25) is 0 Å². The maximum Gasteiger partial charge on any atom is 0.161 e. The van der Waals surface area contributed by atoms with Crippen LogP contribution in [0.1, 0.15) is 11.9 Å². The fourth-order valence-corrected chi connectivity index (χ4v) is 1.92. The smallest absolute Gasteiger partial charge is 0.161 e. The number of rotatable bonds is 1. The normalized spacial score (nSPS) is 23.0. The number of aromatic nitrogens is 2. The van der Waals surface area contributed by atoms with E-state index in [2.05, 4.69) is 14.9 Å². The highest BCUT2D eigenvalue weighted by molar-refractivity contribution is 6.33. The Morgan fingerprint density at radius 3 is 2.67 bits per heavy atom. The second-order valence-corrected chi connectivity index (χ2v) is 4.27. The Morgan fingerprint density at radius 2 is 2.07 bits per heavy atom. The lowest BCUT2D eigenvalue weighted by molar-refractivity contribution is -0.0254. The molecular weight excluding hydrogens is 237 g/mol. The molecule has 0 spiro atoms. The van der Waals surface area contributed by atoms with Crippen molar-refractivity contribution in [2.24, 2.45) is 0 Å². The van der Waals surface area contributed by atoms with Crippen LogP contribution in [0, 0.1) is 0 Å². The Hall–Kier alpha value is -0.420. The first-order valence-corrected chi connectivity index (χ1v) is 5.41. The lowest BCUT2D eigenvalue weighted by atomic mass is 10.2. The van der Waals surface area contributed by atoms with Crippen LogP contribution in [0.3, 0.4) is 0 Å². The number of ether oxygens (including phenoxy) is 1. The molecule has 1 aromatic rings. The van der Waals surface area contributed by atoms with Gasteiger partial charge in [-0.25, -0.2) is 9.97 Å². The van der Waals surface area contributed by atoms with Crippen molar-refractivity contribution >= 4 is 23.2 Å². The predicted molar refractivity (Wildman–Crippen MR) is 58.2 cm³/mol. The van der Waals surface area contributed by atoms with Crippen molar-refractivity contribution in [3.8, 4) is 0 Å². The van der Waals surface area contributed by atoms with E-state index in [0.29, 0.717) is 22.7 Å². The van der Waals surface area contributed by atoms with Crippen LogP contribution in [0.5, 0.6) is 0 Å². The Balaban J connectivity index is 2.20. The molecule has 1 aromatic heterocycles. The number of likely N-dealkylation sites (N-methyl/N-ethyl adjacent to an activating group) is 1. The standard InChI is InChI=1S/C9H11Cl2N3O/c1-14-2-3-15-6(5-14)9-12-7(10)4-8(11)13-9/h4,6H,2-3,5H2,1H3. The first-order chi connectivity index (χ1) is 7.15. The predicted octanol–water partition coefficient (Wildman–Crippen LogP) is 1.79. The van der Waals surface area contributed by atoms with Gasteiger partial charge in [-0.2, -0.15) is 0 Å². The van der Waals surface area contributed by atoms with E-state index in [1.54, 1.807) is 0 Å². The zero-order valence-corrected chi connectivity index (χ0v) is 9.79. The molecule has 6 heteroatoms. The zero-order valence-electron chi connectivity index (χ0n) is 8.28. The van der Waals surface area contributed by atoms with Crippen LogP contribution in [0.15, 0.2) is 6.07 Å². The largest absolute Gasteiger partial charge is 0.368 e. The lowest BCUT2D eigenvalue weighted by Gasteiger charge is -2.28. The molecule has 0 amide bonds. The van der Waals surface area contributed by atoms with Gasteiger partial charge in [0.05, 0.1) is 6.61 Å². The summed E-state index contributed by atoms with van der Waals surface area (Å²) in [5.41, 5.74) is 0. The number of hydrogen-bond donors (Lipinski definition) is 0. The van der Waals surface area contributed by atoms with Gasteiger partial charge < -0.3 is 9.64 Å². The van der Waals surface area contributed by atoms with E-state index < -0.39 is 0 Å². The molecule has 1 atom stereocenters. The third-order valence-electron chi connectivity index (χ3n) is 2.24. The zero-order chi connectivity index (χ0) is 10.8. The molecule has 0 aromatic carbocycles. The summed E-state index contributed by atoms with van der Waals surface area (Å²) in [5.74, 6) is 0.555. The third-order valence-corrected chi connectivity index (χ3v) is 2.63. The molecule has 2 heterocycles. The van der Waals surface area contributed by atoms with E-state index >= 15 is 0 Å². The van der Waals surface area contributed by atoms with Gasteiger partial charge in [-0.3, -0.25) is 0 Å². The molecule has 0 saturated carbocycles. The molecule has 0 bridgehead atoms. The molecular formula is C9H11Cl2N3O. The number of halogens is 2. The molecule has 0 aliphatic carbocycles. The fourth-order valence-electron chi connectivity index (χ4n) is 1.48. The van der Waals surface area contributed by atoms with Crippen molar-refractivity contribution in [1.82, 2.24) is 14.9 Å². The van der Waals surface area contributed by atoms with Crippen LogP contribution >= 0.6 is 23.2 Å². The van der Waals surface area contributed by atoms with Crippen LogP contribution < -0.4 is 0 Å². The average molecular weight is 248 g/mol. The summed E-state index contributed by atoms with van der Waals surface area (Å²) in [6, 6.07) is 1.51. The van der Waals surface area contributed by atoms with Gasteiger partial charge in [0.1, 0.15) is 16.4 Å². The molecule has 1 aliphatic rings. The summed E-state index contributed by atoms with van der Waals surface area (Å²) in [6.07, 6.45) is -0.139. The van der Waals surface area contributed by atoms with Crippen LogP contribution in [0.2, 0.25) is 10.3 Å². The second kappa shape index (κ2) is 4.61. The molecule has 0 N–H and O–H groups in total. The maximum atomic E-state index is 5.80. The van der Waals surface area contributed by atoms with Crippen molar-refractivity contribution in [2.45, 2.75) is 6.10 Å². The van der Waals surface area contributed by atoms with Gasteiger partial charge in [-0.15, -0.1) is 0 Å². The van der Waals surface area contributed by atoms with Crippen LogP contribution in [-0.2, 0) is 4.74 Å². The van der Waals surface area contributed by atoms with Gasteiger partial charge >= 0.3 is 0 Å². The Bertz CT molecular complexity index is 341. The lowest BCUT2D eigenvalue weighted by Crippen LogP contribution is -2.36. The second-order valence-electron chi connectivity index (χ2n) is 3.49. The molecule has 2 rings (SSSR count). The fraction of sp³-hybridized carbons (Fsp3) is 0.556. The monoisotopic (exact) mass is 247 g/mol. The van der Waals surface area contributed by atoms with E-state index in [1.165, 1.54) is 6.07 Å². The van der Waals surface area contributed by atoms with Gasteiger partial charge in [-0.05, 0) is 7.05 Å². The maximum absolute atomic E-state index is 5.80. The number of nitrogens with zero attached hydrogens (tertiary/aromatic N) is 3. The highest BCUT2D eigenvalue weighted by atomic mass is 35.5. The minimum atomic E-state index is -0.139. The molecule has 1 saturated heterocycles. The van der Waals surface area contributed by atoms with Crippen molar-refractivity contribution in [2.75, 3.05) is 26.7 Å². The van der Waals surface area contributed by atoms with E-state index in [0.717, 1.165) is 13.1 Å². The Morgan fingerprint density at radius 1 is 1.40 bits per heavy atom. The number of morpholine rings is 1. The van der Waals surface area contributed by atoms with E-state index in [9.17, 15) is 0 Å². The molecule has 1 unspecified atom stereocenters. The summed E-state index contributed by atoms with van der Waals surface area (Å²) in [7, 11) is 2.03. The average Bonchev–Trinajstić information content (AvgIpc) is 2.16. The summed E-state index contributed by atoms with van der Waals surface area (Å²) in [4.78, 5) is 10.4. The van der Waals surface area contributed by atoms with Gasteiger partial charge in [0.15, 0.2) is 5.82 Å². The highest BCUT2D eigenvalue weighted by Crippen LogP contribution is 2.21. The summed E-state index contributed by atoms with van der Waals surface area (Å²) < 4.78 is 5.56. The quantitative estimate of drug-likeness (QED) is 0.710. The summed E-state index contributed by atoms with van der Waals surface area (Å²) in [6.45, 7) is 2.36. The topological polar surface area (TPSA) is 38.2 Å². The van der Waals surface area contributed by atoms with Gasteiger partial charge in [0.25, 0.3) is 0 Å². The van der Waals surface area contributed by atoms with Gasteiger partial charge in [-0.1, -0.05) is 23.2 Å². The van der Waals surface area contributed by atoms with Crippen molar-refractivity contribution < 1.29 is 4.74 Å². The molecule has 82 valence electrons. The molecule has 15 heavy (non-hydrogen) atoms. The minimum Gasteiger partial charge on any atom is -0.368 e. The minimum absolute atomic E-state index is 0.139. The van der Waals surface area contributed by atoms with E-state index in [1.807, 2.05) is 7.05 Å². The van der Waals surface area contributed by atoms with E-state index in [-0.39, 0.29) is 6.10 Å². The van der Waals surface area contributed by atoms with Crippen molar-refractivity contribution in [3.63, 3.8) is 0 Å². The van der Waals surface area contributed by atoms with Crippen LogP contribution in [-0.4, -0.2) is 41.6 Å². The molecule has 1 aliphatic heterocycles. The summed E-state index contributed by atoms with van der Waals surface area (Å²) in [5, 5.41) is 0.698. The Labute approximate surface area is 98.2 Å².